The highest BCUT2D eigenvalue weighted by Crippen LogP contribution is 2.28. The second-order valence-electron chi connectivity index (χ2n) is 4.89. The fourth-order valence-electron chi connectivity index (χ4n) is 2.07. The Labute approximate surface area is 105 Å². The van der Waals surface area contributed by atoms with E-state index >= 15 is 0 Å². The molecule has 0 fully saturated rings. The molecule has 2 rings (SSSR count). The third kappa shape index (κ3) is 2.04. The maximum absolute atomic E-state index is 13.5. The summed E-state index contributed by atoms with van der Waals surface area (Å²) >= 11 is 5.78. The van der Waals surface area contributed by atoms with Gasteiger partial charge in [-0.3, -0.25) is 0 Å². The SMILES string of the molecule is CC(C)c1nc2cc(Cl)c(F)cn2c1C(C)C. The van der Waals surface area contributed by atoms with Gasteiger partial charge in [-0.1, -0.05) is 39.3 Å². The molecule has 0 aliphatic rings. The smallest absolute Gasteiger partial charge is 0.158 e. The topological polar surface area (TPSA) is 17.3 Å². The Morgan fingerprint density at radius 2 is 1.88 bits per heavy atom. The molecule has 0 spiro atoms. The van der Waals surface area contributed by atoms with Crippen LogP contribution in [0.2, 0.25) is 5.02 Å². The number of halogens is 2. The van der Waals surface area contributed by atoms with Crippen molar-refractivity contribution in [1.82, 2.24) is 9.38 Å². The molecule has 17 heavy (non-hydrogen) atoms. The van der Waals surface area contributed by atoms with E-state index in [1.165, 1.54) is 6.20 Å². The third-order valence-electron chi connectivity index (χ3n) is 2.82. The summed E-state index contributed by atoms with van der Waals surface area (Å²) in [7, 11) is 0. The lowest BCUT2D eigenvalue weighted by molar-refractivity contribution is 0.616. The van der Waals surface area contributed by atoms with Crippen molar-refractivity contribution in [3.8, 4) is 0 Å². The molecule has 2 aromatic heterocycles. The first kappa shape index (κ1) is 12.4. The summed E-state index contributed by atoms with van der Waals surface area (Å²) < 4.78 is 15.3. The van der Waals surface area contributed by atoms with Crippen LogP contribution < -0.4 is 0 Å². The predicted molar refractivity (Wildman–Crippen MR) is 68.3 cm³/mol. The van der Waals surface area contributed by atoms with E-state index in [1.807, 2.05) is 0 Å². The standard InChI is InChI=1S/C13H16ClFN2/c1-7(2)12-13(8(3)4)17-6-10(15)9(14)5-11(17)16-12/h5-8H,1-4H3. The van der Waals surface area contributed by atoms with E-state index in [2.05, 4.69) is 32.7 Å². The molecule has 0 saturated carbocycles. The highest BCUT2D eigenvalue weighted by Gasteiger charge is 2.18. The second kappa shape index (κ2) is 4.30. The molecule has 0 unspecified atom stereocenters. The summed E-state index contributed by atoms with van der Waals surface area (Å²) in [6, 6.07) is 1.58. The molecule has 0 atom stereocenters. The normalized spacial score (nSPS) is 12.0. The Hall–Kier alpha value is -1.09. The zero-order chi connectivity index (χ0) is 12.7. The monoisotopic (exact) mass is 254 g/mol. The Balaban J connectivity index is 2.80. The van der Waals surface area contributed by atoms with Crippen molar-refractivity contribution in [1.29, 1.82) is 0 Å². The van der Waals surface area contributed by atoms with E-state index in [4.69, 9.17) is 11.6 Å². The maximum atomic E-state index is 13.5. The van der Waals surface area contributed by atoms with Crippen molar-refractivity contribution in [3.05, 3.63) is 34.5 Å². The number of hydrogen-bond donors (Lipinski definition) is 0. The van der Waals surface area contributed by atoms with Crippen LogP contribution in [0.4, 0.5) is 4.39 Å². The summed E-state index contributed by atoms with van der Waals surface area (Å²) in [4.78, 5) is 4.55. The zero-order valence-electron chi connectivity index (χ0n) is 10.5. The molecule has 2 heterocycles. The van der Waals surface area contributed by atoms with Crippen LogP contribution in [0, 0.1) is 5.82 Å². The van der Waals surface area contributed by atoms with Gasteiger partial charge in [-0.25, -0.2) is 9.37 Å². The highest BCUT2D eigenvalue weighted by molar-refractivity contribution is 6.31. The number of rotatable bonds is 2. The van der Waals surface area contributed by atoms with Crippen LogP contribution >= 0.6 is 11.6 Å². The van der Waals surface area contributed by atoms with Crippen LogP contribution in [-0.4, -0.2) is 9.38 Å². The fraction of sp³-hybridized carbons (Fsp3) is 0.462. The van der Waals surface area contributed by atoms with Gasteiger partial charge in [0.2, 0.25) is 0 Å². The molecular weight excluding hydrogens is 239 g/mol. The number of pyridine rings is 1. The fourth-order valence-corrected chi connectivity index (χ4v) is 2.22. The third-order valence-corrected chi connectivity index (χ3v) is 3.11. The van der Waals surface area contributed by atoms with E-state index in [-0.39, 0.29) is 5.02 Å². The molecule has 0 amide bonds. The van der Waals surface area contributed by atoms with Crippen LogP contribution in [-0.2, 0) is 0 Å². The first-order valence-corrected chi connectivity index (χ1v) is 6.16. The van der Waals surface area contributed by atoms with Gasteiger partial charge in [-0.15, -0.1) is 0 Å². The van der Waals surface area contributed by atoms with Crippen molar-refractivity contribution in [3.63, 3.8) is 0 Å². The predicted octanol–water partition coefficient (Wildman–Crippen LogP) is 4.37. The minimum atomic E-state index is -0.409. The van der Waals surface area contributed by atoms with Crippen LogP contribution in [0.15, 0.2) is 12.3 Å². The average molecular weight is 255 g/mol. The molecule has 0 aromatic carbocycles. The van der Waals surface area contributed by atoms with Crippen LogP contribution in [0.1, 0.15) is 50.9 Å². The lowest BCUT2D eigenvalue weighted by Crippen LogP contribution is -2.01. The van der Waals surface area contributed by atoms with Crippen molar-refractivity contribution in [2.45, 2.75) is 39.5 Å². The van der Waals surface area contributed by atoms with Gasteiger partial charge < -0.3 is 4.40 Å². The Bertz CT molecular complexity index is 558. The quantitative estimate of drug-likeness (QED) is 0.778. The zero-order valence-corrected chi connectivity index (χ0v) is 11.2. The summed E-state index contributed by atoms with van der Waals surface area (Å²) in [5.74, 6) is 0.200. The van der Waals surface area contributed by atoms with E-state index in [1.54, 1.807) is 10.5 Å². The van der Waals surface area contributed by atoms with E-state index in [0.29, 0.717) is 17.5 Å². The van der Waals surface area contributed by atoms with Gasteiger partial charge in [0.15, 0.2) is 5.82 Å². The van der Waals surface area contributed by atoms with E-state index in [0.717, 1.165) is 11.4 Å². The number of aromatic nitrogens is 2. The first-order valence-electron chi connectivity index (χ1n) is 5.78. The van der Waals surface area contributed by atoms with Crippen LogP contribution in [0.3, 0.4) is 0 Å². The minimum absolute atomic E-state index is 0.119. The van der Waals surface area contributed by atoms with Crippen molar-refractivity contribution in [2.24, 2.45) is 0 Å². The largest absolute Gasteiger partial charge is 0.300 e. The molecule has 0 bridgehead atoms. The molecule has 4 heteroatoms. The van der Waals surface area contributed by atoms with Crippen molar-refractivity contribution in [2.75, 3.05) is 0 Å². The number of fused-ring (bicyclic) bond motifs is 1. The van der Waals surface area contributed by atoms with Gasteiger partial charge in [0.25, 0.3) is 0 Å². The van der Waals surface area contributed by atoms with Crippen molar-refractivity contribution >= 4 is 17.2 Å². The second-order valence-corrected chi connectivity index (χ2v) is 5.30. The lowest BCUT2D eigenvalue weighted by atomic mass is 10.0. The minimum Gasteiger partial charge on any atom is -0.300 e. The molecule has 0 aliphatic carbocycles. The van der Waals surface area contributed by atoms with Gasteiger partial charge in [0, 0.05) is 18.0 Å². The van der Waals surface area contributed by atoms with Gasteiger partial charge in [0.1, 0.15) is 5.65 Å². The molecule has 92 valence electrons. The first-order chi connectivity index (χ1) is 7.91. The molecule has 2 nitrogen and oxygen atoms in total. The van der Waals surface area contributed by atoms with Crippen LogP contribution in [0.25, 0.3) is 5.65 Å². The molecular formula is C13H16ClFN2. The maximum Gasteiger partial charge on any atom is 0.158 e. The summed E-state index contributed by atoms with van der Waals surface area (Å²) in [6.07, 6.45) is 1.42. The highest BCUT2D eigenvalue weighted by atomic mass is 35.5. The summed E-state index contributed by atoms with van der Waals surface area (Å²) in [5.41, 5.74) is 2.79. The summed E-state index contributed by atoms with van der Waals surface area (Å²) in [6.45, 7) is 8.35. The van der Waals surface area contributed by atoms with Crippen molar-refractivity contribution < 1.29 is 4.39 Å². The Morgan fingerprint density at radius 1 is 1.24 bits per heavy atom. The molecule has 0 saturated heterocycles. The number of nitrogens with zero attached hydrogens (tertiary/aromatic N) is 2. The van der Waals surface area contributed by atoms with E-state index < -0.39 is 5.82 Å². The van der Waals surface area contributed by atoms with Gasteiger partial charge >= 0.3 is 0 Å². The van der Waals surface area contributed by atoms with E-state index in [9.17, 15) is 4.39 Å². The Kier molecular flexibility index (Phi) is 3.13. The average Bonchev–Trinajstić information content (AvgIpc) is 2.57. The molecule has 0 aliphatic heterocycles. The lowest BCUT2D eigenvalue weighted by Gasteiger charge is -2.10. The van der Waals surface area contributed by atoms with Crippen LogP contribution in [0.5, 0.6) is 0 Å². The van der Waals surface area contributed by atoms with Gasteiger partial charge in [-0.05, 0) is 11.8 Å². The number of hydrogen-bond acceptors (Lipinski definition) is 1. The number of imidazole rings is 1. The van der Waals surface area contributed by atoms with Gasteiger partial charge in [-0.2, -0.15) is 0 Å². The Morgan fingerprint density at radius 3 is 2.41 bits per heavy atom. The summed E-state index contributed by atoms with van der Waals surface area (Å²) in [5, 5.41) is 0.119. The molecule has 0 N–H and O–H groups in total. The van der Waals surface area contributed by atoms with Gasteiger partial charge in [0.05, 0.1) is 10.7 Å². The molecule has 0 radical (unpaired) electrons. The molecule has 2 aromatic rings.